The first-order valence-electron chi connectivity index (χ1n) is 15.6. The second-order valence-electron chi connectivity index (χ2n) is 13.0. The summed E-state index contributed by atoms with van der Waals surface area (Å²) in [5, 5.41) is 10.4. The molecule has 5 rings (SSSR count). The number of aromatic nitrogens is 2. The monoisotopic (exact) mass is 565 g/mol. The number of hydrogen-bond acceptors (Lipinski definition) is 7. The molecule has 3 aliphatic rings. The van der Waals surface area contributed by atoms with Crippen molar-refractivity contribution < 1.29 is 24.1 Å². The van der Waals surface area contributed by atoms with Gasteiger partial charge in [0.25, 0.3) is 0 Å². The minimum absolute atomic E-state index is 0.372. The Morgan fingerprint density at radius 1 is 1.00 bits per heavy atom. The fourth-order valence-electron chi connectivity index (χ4n) is 6.90. The Hall–Kier alpha value is -2.71. The van der Waals surface area contributed by atoms with Gasteiger partial charge in [-0.25, -0.2) is 4.79 Å². The lowest BCUT2D eigenvalue weighted by Crippen LogP contribution is -2.43. The smallest absolute Gasteiger partial charge is 0.337 e. The van der Waals surface area contributed by atoms with Crippen LogP contribution in [0.15, 0.2) is 24.5 Å². The molecule has 224 valence electrons. The van der Waals surface area contributed by atoms with Crippen molar-refractivity contribution in [3.8, 4) is 17.0 Å². The van der Waals surface area contributed by atoms with Gasteiger partial charge in [-0.15, -0.1) is 0 Å². The SMILES string of the molecule is Cc1ncc(-c2ccc(OCCOC3CCCC3)cn2)c(N2CCC3CCCCC3C2)c1[C@H](OC(C)(C)C)C(=O)O. The van der Waals surface area contributed by atoms with Gasteiger partial charge in [0, 0.05) is 36.1 Å². The summed E-state index contributed by atoms with van der Waals surface area (Å²) in [5.74, 6) is 1.05. The second kappa shape index (κ2) is 13.1. The largest absolute Gasteiger partial charge is 0.490 e. The van der Waals surface area contributed by atoms with E-state index in [4.69, 9.17) is 19.2 Å². The summed E-state index contributed by atoms with van der Waals surface area (Å²) in [6.45, 7) is 10.4. The molecule has 0 aromatic carbocycles. The summed E-state index contributed by atoms with van der Waals surface area (Å²) in [4.78, 5) is 24.5. The molecule has 3 heterocycles. The van der Waals surface area contributed by atoms with Gasteiger partial charge in [0.15, 0.2) is 6.10 Å². The van der Waals surface area contributed by atoms with E-state index >= 15 is 0 Å². The standard InChI is InChI=1S/C33H47N3O5/c1-22-29(31(32(37)38)41-33(2,3)4)30(36-16-15-23-9-5-6-10-24(23)21-36)27(20-34-22)28-14-13-26(19-35-28)40-18-17-39-25-11-7-8-12-25/h13-14,19-20,23-25,31H,5-12,15-18,21H2,1-4H3,(H,37,38)/t23?,24?,31-/m0/s1. The molecule has 1 saturated heterocycles. The molecule has 0 bridgehead atoms. The first kappa shape index (κ1) is 29.8. The summed E-state index contributed by atoms with van der Waals surface area (Å²) < 4.78 is 18.0. The van der Waals surface area contributed by atoms with E-state index in [9.17, 15) is 9.90 Å². The zero-order chi connectivity index (χ0) is 29.0. The number of fused-ring (bicyclic) bond motifs is 1. The fraction of sp³-hybridized carbons (Fsp3) is 0.667. The van der Waals surface area contributed by atoms with E-state index in [1.165, 1.54) is 38.5 Å². The van der Waals surface area contributed by atoms with E-state index in [1.807, 2.05) is 46.0 Å². The molecular formula is C33H47N3O5. The fourth-order valence-corrected chi connectivity index (χ4v) is 6.90. The van der Waals surface area contributed by atoms with Gasteiger partial charge >= 0.3 is 5.97 Å². The van der Waals surface area contributed by atoms with E-state index in [-0.39, 0.29) is 0 Å². The molecule has 0 amide bonds. The highest BCUT2D eigenvalue weighted by Crippen LogP contribution is 2.44. The number of hydrogen-bond donors (Lipinski definition) is 1. The molecular weight excluding hydrogens is 518 g/mol. The second-order valence-corrected chi connectivity index (χ2v) is 13.0. The lowest BCUT2D eigenvalue weighted by Gasteiger charge is -2.44. The van der Waals surface area contributed by atoms with Crippen LogP contribution in [-0.4, -0.2) is 59.1 Å². The quantitative estimate of drug-likeness (QED) is 0.316. The van der Waals surface area contributed by atoms with E-state index in [0.29, 0.717) is 42.2 Å². The number of nitrogens with zero attached hydrogens (tertiary/aromatic N) is 3. The van der Waals surface area contributed by atoms with Gasteiger partial charge in [0.2, 0.25) is 0 Å². The van der Waals surface area contributed by atoms with Crippen molar-refractivity contribution in [2.45, 2.75) is 103 Å². The maximum atomic E-state index is 12.7. The van der Waals surface area contributed by atoms with Gasteiger partial charge in [0.05, 0.1) is 35.9 Å². The molecule has 0 spiro atoms. The highest BCUT2D eigenvalue weighted by atomic mass is 16.5. The number of carboxylic acid groups (broad SMARTS) is 1. The van der Waals surface area contributed by atoms with Crippen molar-refractivity contribution in [1.29, 1.82) is 0 Å². The zero-order valence-corrected chi connectivity index (χ0v) is 25.2. The third-order valence-electron chi connectivity index (χ3n) is 8.87. The van der Waals surface area contributed by atoms with Gasteiger partial charge in [0.1, 0.15) is 12.4 Å². The number of pyridine rings is 2. The first-order chi connectivity index (χ1) is 19.7. The summed E-state index contributed by atoms with van der Waals surface area (Å²) in [5.41, 5.74) is 3.13. The number of aryl methyl sites for hydroxylation is 1. The van der Waals surface area contributed by atoms with Crippen LogP contribution >= 0.6 is 0 Å². The Kier molecular flexibility index (Phi) is 9.49. The predicted molar refractivity (Wildman–Crippen MR) is 159 cm³/mol. The van der Waals surface area contributed by atoms with Gasteiger partial charge < -0.3 is 24.2 Å². The molecule has 2 aliphatic carbocycles. The van der Waals surface area contributed by atoms with Crippen LogP contribution in [0.3, 0.4) is 0 Å². The normalized spacial score (nSPS) is 22.4. The zero-order valence-electron chi connectivity index (χ0n) is 25.2. The average Bonchev–Trinajstić information content (AvgIpc) is 3.47. The molecule has 8 heteroatoms. The Morgan fingerprint density at radius 3 is 2.41 bits per heavy atom. The van der Waals surface area contributed by atoms with Crippen LogP contribution in [0.5, 0.6) is 5.75 Å². The van der Waals surface area contributed by atoms with Crippen LogP contribution in [0.25, 0.3) is 11.3 Å². The molecule has 2 unspecified atom stereocenters. The number of ether oxygens (including phenoxy) is 3. The summed E-state index contributed by atoms with van der Waals surface area (Å²) in [6, 6.07) is 3.87. The van der Waals surface area contributed by atoms with Crippen molar-refractivity contribution >= 4 is 11.7 Å². The van der Waals surface area contributed by atoms with Crippen LogP contribution < -0.4 is 9.64 Å². The Labute approximate surface area is 244 Å². The number of anilines is 1. The van der Waals surface area contributed by atoms with E-state index < -0.39 is 17.7 Å². The molecule has 2 aromatic rings. The third-order valence-corrected chi connectivity index (χ3v) is 8.87. The van der Waals surface area contributed by atoms with E-state index in [0.717, 1.165) is 55.2 Å². The molecule has 3 fully saturated rings. The van der Waals surface area contributed by atoms with Crippen LogP contribution in [0.2, 0.25) is 0 Å². The average molecular weight is 566 g/mol. The van der Waals surface area contributed by atoms with E-state index in [1.54, 1.807) is 6.20 Å². The summed E-state index contributed by atoms with van der Waals surface area (Å²) >= 11 is 0. The van der Waals surface area contributed by atoms with Crippen molar-refractivity contribution in [2.75, 3.05) is 31.2 Å². The topological polar surface area (TPSA) is 94.0 Å². The molecule has 8 nitrogen and oxygen atoms in total. The maximum Gasteiger partial charge on any atom is 0.337 e. The van der Waals surface area contributed by atoms with Crippen molar-refractivity contribution in [3.63, 3.8) is 0 Å². The van der Waals surface area contributed by atoms with Crippen LogP contribution in [-0.2, 0) is 14.3 Å². The highest BCUT2D eigenvalue weighted by Gasteiger charge is 2.37. The Bertz CT molecular complexity index is 1170. The molecule has 0 radical (unpaired) electrons. The van der Waals surface area contributed by atoms with Crippen molar-refractivity contribution in [3.05, 3.63) is 35.8 Å². The lowest BCUT2D eigenvalue weighted by molar-refractivity contribution is -0.160. The molecule has 2 saturated carbocycles. The summed E-state index contributed by atoms with van der Waals surface area (Å²) in [6.07, 6.45) is 13.8. The minimum Gasteiger partial charge on any atom is -0.490 e. The van der Waals surface area contributed by atoms with Crippen molar-refractivity contribution in [1.82, 2.24) is 9.97 Å². The first-order valence-corrected chi connectivity index (χ1v) is 15.6. The van der Waals surface area contributed by atoms with E-state index in [2.05, 4.69) is 9.88 Å². The van der Waals surface area contributed by atoms with Crippen LogP contribution in [0.4, 0.5) is 5.69 Å². The third kappa shape index (κ3) is 7.39. The molecule has 41 heavy (non-hydrogen) atoms. The van der Waals surface area contributed by atoms with Crippen LogP contribution in [0, 0.1) is 18.8 Å². The minimum atomic E-state index is -1.14. The van der Waals surface area contributed by atoms with Crippen LogP contribution in [0.1, 0.15) is 95.9 Å². The number of aliphatic carboxylic acids is 1. The predicted octanol–water partition coefficient (Wildman–Crippen LogP) is 6.75. The lowest BCUT2D eigenvalue weighted by atomic mass is 9.75. The number of rotatable bonds is 10. The van der Waals surface area contributed by atoms with Gasteiger partial charge in [-0.3, -0.25) is 9.97 Å². The molecule has 1 N–H and O–H groups in total. The highest BCUT2D eigenvalue weighted by molar-refractivity contribution is 5.85. The van der Waals surface area contributed by atoms with Crippen molar-refractivity contribution in [2.24, 2.45) is 11.8 Å². The number of carboxylic acids is 1. The summed E-state index contributed by atoms with van der Waals surface area (Å²) in [7, 11) is 0. The van der Waals surface area contributed by atoms with Gasteiger partial charge in [-0.05, 0) is 77.3 Å². The number of piperidine rings is 1. The maximum absolute atomic E-state index is 12.7. The molecule has 1 aliphatic heterocycles. The Balaban J connectivity index is 1.44. The Morgan fingerprint density at radius 2 is 1.73 bits per heavy atom. The molecule has 2 aromatic heterocycles. The van der Waals surface area contributed by atoms with Gasteiger partial charge in [-0.2, -0.15) is 0 Å². The molecule has 3 atom stereocenters. The van der Waals surface area contributed by atoms with Gasteiger partial charge in [-0.1, -0.05) is 32.1 Å². The number of carbonyl (C=O) groups is 1.